The molecule has 0 aliphatic heterocycles. The van der Waals surface area contributed by atoms with Crippen LogP contribution in [-0.2, 0) is 4.79 Å². The molecule has 1 atom stereocenters. The van der Waals surface area contributed by atoms with Gasteiger partial charge in [-0.05, 0) is 31.5 Å². The Morgan fingerprint density at radius 2 is 2.25 bits per heavy atom. The van der Waals surface area contributed by atoms with Gasteiger partial charge in [0.05, 0.1) is 17.4 Å². The summed E-state index contributed by atoms with van der Waals surface area (Å²) in [5.41, 5.74) is 1.92. The Labute approximate surface area is 148 Å². The van der Waals surface area contributed by atoms with Crippen LogP contribution in [0, 0.1) is 6.92 Å². The Morgan fingerprint density at radius 3 is 2.96 bits per heavy atom. The molecule has 1 aromatic carbocycles. The van der Waals surface area contributed by atoms with E-state index in [1.807, 2.05) is 43.5 Å². The van der Waals surface area contributed by atoms with Crippen molar-refractivity contribution in [3.8, 4) is 5.75 Å². The smallest absolute Gasteiger partial charge is 0.239 e. The average Bonchev–Trinajstić information content (AvgIpc) is 3.07. The monoisotopic (exact) mass is 359 g/mol. The van der Waals surface area contributed by atoms with Gasteiger partial charge >= 0.3 is 0 Å². The van der Waals surface area contributed by atoms with Crippen LogP contribution in [0.4, 0.5) is 5.13 Å². The molecule has 1 N–H and O–H groups in total. The van der Waals surface area contributed by atoms with Crippen LogP contribution in [0.25, 0.3) is 10.9 Å². The second-order valence-corrected chi connectivity index (χ2v) is 7.48. The Hall–Kier alpha value is -2.12. The highest BCUT2D eigenvalue weighted by molar-refractivity contribution is 8.00. The molecule has 0 spiro atoms. The molecule has 0 saturated heterocycles. The first-order valence-electron chi connectivity index (χ1n) is 7.40. The number of hydrogen-bond donors (Lipinski definition) is 1. The molecule has 0 fully saturated rings. The number of nitrogens with zero attached hydrogens (tertiary/aromatic N) is 2. The molecule has 3 aromatic rings. The normalized spacial score (nSPS) is 12.1. The molecule has 0 bridgehead atoms. The highest BCUT2D eigenvalue weighted by Crippen LogP contribution is 2.31. The summed E-state index contributed by atoms with van der Waals surface area (Å²) in [6, 6.07) is 7.86. The van der Waals surface area contributed by atoms with Gasteiger partial charge in [0.25, 0.3) is 0 Å². The van der Waals surface area contributed by atoms with Crippen LogP contribution in [0.1, 0.15) is 12.5 Å². The standard InChI is InChI=1S/C17H17N3O2S2/c1-10-9-14(19-15-12(10)5-4-6-13(15)22-3)24-11(2)16(21)20-17-18-7-8-23-17/h4-9,11H,1-3H3,(H,18,20,21)/t11-/m1/s1. The summed E-state index contributed by atoms with van der Waals surface area (Å²) in [5.74, 6) is 0.646. The van der Waals surface area contributed by atoms with Gasteiger partial charge in [0.1, 0.15) is 11.3 Å². The third-order valence-electron chi connectivity index (χ3n) is 3.53. The average molecular weight is 359 g/mol. The zero-order chi connectivity index (χ0) is 17.1. The van der Waals surface area contributed by atoms with E-state index in [4.69, 9.17) is 4.74 Å². The second kappa shape index (κ2) is 7.19. The van der Waals surface area contributed by atoms with Crippen molar-refractivity contribution in [2.75, 3.05) is 12.4 Å². The van der Waals surface area contributed by atoms with Crippen LogP contribution < -0.4 is 10.1 Å². The van der Waals surface area contributed by atoms with Crippen molar-refractivity contribution in [1.82, 2.24) is 9.97 Å². The van der Waals surface area contributed by atoms with Crippen molar-refractivity contribution in [1.29, 1.82) is 0 Å². The van der Waals surface area contributed by atoms with Gasteiger partial charge in [0, 0.05) is 17.0 Å². The predicted octanol–water partition coefficient (Wildman–Crippen LogP) is 4.13. The number of aryl methyl sites for hydroxylation is 1. The number of amides is 1. The number of fused-ring (bicyclic) bond motifs is 1. The summed E-state index contributed by atoms with van der Waals surface area (Å²) < 4.78 is 5.40. The molecule has 5 nitrogen and oxygen atoms in total. The Bertz CT molecular complexity index is 866. The Balaban J connectivity index is 1.83. The van der Waals surface area contributed by atoms with Crippen molar-refractivity contribution in [2.45, 2.75) is 24.1 Å². The van der Waals surface area contributed by atoms with Crippen LogP contribution in [0.2, 0.25) is 0 Å². The molecule has 7 heteroatoms. The minimum atomic E-state index is -0.284. The number of carbonyl (C=O) groups excluding carboxylic acids is 1. The Morgan fingerprint density at radius 1 is 1.42 bits per heavy atom. The fourth-order valence-electron chi connectivity index (χ4n) is 2.31. The number of ether oxygens (including phenoxy) is 1. The molecule has 0 aliphatic rings. The summed E-state index contributed by atoms with van der Waals surface area (Å²) in [6.45, 7) is 3.89. The van der Waals surface area contributed by atoms with Crippen LogP contribution >= 0.6 is 23.1 Å². The van der Waals surface area contributed by atoms with Gasteiger partial charge in [-0.3, -0.25) is 4.79 Å². The number of aromatic nitrogens is 2. The van der Waals surface area contributed by atoms with E-state index < -0.39 is 0 Å². The highest BCUT2D eigenvalue weighted by Gasteiger charge is 2.17. The molecule has 24 heavy (non-hydrogen) atoms. The summed E-state index contributed by atoms with van der Waals surface area (Å²) in [4.78, 5) is 21.0. The number of thiazole rings is 1. The maximum atomic E-state index is 12.3. The van der Waals surface area contributed by atoms with Crippen molar-refractivity contribution >= 4 is 45.0 Å². The van der Waals surface area contributed by atoms with E-state index in [0.29, 0.717) is 5.13 Å². The lowest BCUT2D eigenvalue weighted by Crippen LogP contribution is -2.22. The number of anilines is 1. The minimum absolute atomic E-state index is 0.0884. The summed E-state index contributed by atoms with van der Waals surface area (Å²) in [5, 5.41) is 6.81. The van der Waals surface area contributed by atoms with Gasteiger partial charge in [-0.1, -0.05) is 23.9 Å². The number of rotatable bonds is 5. The maximum absolute atomic E-state index is 12.3. The SMILES string of the molecule is COc1cccc2c(C)cc(S[C@H](C)C(=O)Nc3nccs3)nc12. The number of pyridine rings is 1. The van der Waals surface area contributed by atoms with Gasteiger partial charge < -0.3 is 10.1 Å². The number of nitrogens with one attached hydrogen (secondary N) is 1. The third kappa shape index (κ3) is 3.52. The predicted molar refractivity (Wildman–Crippen MR) is 99.1 cm³/mol. The number of methoxy groups -OCH3 is 1. The number of thioether (sulfide) groups is 1. The largest absolute Gasteiger partial charge is 0.494 e. The molecular weight excluding hydrogens is 342 g/mol. The van der Waals surface area contributed by atoms with E-state index in [-0.39, 0.29) is 11.2 Å². The second-order valence-electron chi connectivity index (χ2n) is 5.22. The minimum Gasteiger partial charge on any atom is -0.494 e. The zero-order valence-corrected chi connectivity index (χ0v) is 15.2. The number of benzene rings is 1. The fraction of sp³-hybridized carbons (Fsp3) is 0.235. The summed E-state index contributed by atoms with van der Waals surface area (Å²) in [7, 11) is 1.63. The molecule has 0 unspecified atom stereocenters. The first-order chi connectivity index (χ1) is 11.6. The lowest BCUT2D eigenvalue weighted by atomic mass is 10.1. The molecule has 0 saturated carbocycles. The fourth-order valence-corrected chi connectivity index (χ4v) is 3.76. The van der Waals surface area contributed by atoms with E-state index in [1.165, 1.54) is 23.1 Å². The summed E-state index contributed by atoms with van der Waals surface area (Å²) >= 11 is 2.82. The van der Waals surface area contributed by atoms with Crippen LogP contribution in [0.5, 0.6) is 5.75 Å². The lowest BCUT2D eigenvalue weighted by Gasteiger charge is -2.12. The van der Waals surface area contributed by atoms with E-state index in [0.717, 1.165) is 27.2 Å². The molecule has 3 rings (SSSR count). The molecular formula is C17H17N3O2S2. The maximum Gasteiger partial charge on any atom is 0.239 e. The van der Waals surface area contributed by atoms with Crippen molar-refractivity contribution < 1.29 is 9.53 Å². The highest BCUT2D eigenvalue weighted by atomic mass is 32.2. The van der Waals surface area contributed by atoms with E-state index >= 15 is 0 Å². The van der Waals surface area contributed by atoms with Gasteiger partial charge in [-0.25, -0.2) is 9.97 Å². The number of para-hydroxylation sites is 1. The van der Waals surface area contributed by atoms with Gasteiger partial charge in [0.15, 0.2) is 5.13 Å². The number of carbonyl (C=O) groups is 1. The van der Waals surface area contributed by atoms with Crippen molar-refractivity contribution in [3.63, 3.8) is 0 Å². The molecule has 0 radical (unpaired) electrons. The van der Waals surface area contributed by atoms with Gasteiger partial charge in [-0.15, -0.1) is 11.3 Å². The van der Waals surface area contributed by atoms with Crippen molar-refractivity contribution in [2.24, 2.45) is 0 Å². The third-order valence-corrected chi connectivity index (χ3v) is 5.24. The topological polar surface area (TPSA) is 64.1 Å². The zero-order valence-electron chi connectivity index (χ0n) is 13.6. The Kier molecular flexibility index (Phi) is 5.01. The first kappa shape index (κ1) is 16.7. The van der Waals surface area contributed by atoms with E-state index in [9.17, 15) is 4.79 Å². The molecule has 1 amide bonds. The van der Waals surface area contributed by atoms with Crippen molar-refractivity contribution in [3.05, 3.63) is 41.4 Å². The number of hydrogen-bond acceptors (Lipinski definition) is 6. The molecule has 0 aliphatic carbocycles. The van der Waals surface area contributed by atoms with Crippen LogP contribution in [-0.4, -0.2) is 28.2 Å². The molecule has 2 aromatic heterocycles. The molecule has 2 heterocycles. The van der Waals surface area contributed by atoms with Crippen LogP contribution in [0.15, 0.2) is 40.9 Å². The summed E-state index contributed by atoms with van der Waals surface area (Å²) in [6.07, 6.45) is 1.67. The first-order valence-corrected chi connectivity index (χ1v) is 9.16. The van der Waals surface area contributed by atoms with E-state index in [2.05, 4.69) is 15.3 Å². The lowest BCUT2D eigenvalue weighted by molar-refractivity contribution is -0.115. The van der Waals surface area contributed by atoms with E-state index in [1.54, 1.807) is 13.3 Å². The van der Waals surface area contributed by atoms with Crippen LogP contribution in [0.3, 0.4) is 0 Å². The van der Waals surface area contributed by atoms with Gasteiger partial charge in [0.2, 0.25) is 5.91 Å². The quantitative estimate of drug-likeness (QED) is 0.694. The van der Waals surface area contributed by atoms with Gasteiger partial charge in [-0.2, -0.15) is 0 Å². The molecule has 124 valence electrons.